The fraction of sp³-hybridized carbons (Fsp3) is 0.107. The summed E-state index contributed by atoms with van der Waals surface area (Å²) in [6, 6.07) is 17.0. The van der Waals surface area contributed by atoms with E-state index >= 15 is 0 Å². The number of benzene rings is 2. The number of hydrogen-bond acceptors (Lipinski definition) is 5. The Morgan fingerprint density at radius 2 is 1.74 bits per heavy atom. The van der Waals surface area contributed by atoms with Crippen LogP contribution in [-0.2, 0) is 13.0 Å². The Balaban J connectivity index is 1.55. The maximum Gasteiger partial charge on any atom is 0.193 e. The number of rotatable bonds is 5. The highest BCUT2D eigenvalue weighted by molar-refractivity contribution is 9.10. The number of aliphatic hydroxyl groups is 1. The summed E-state index contributed by atoms with van der Waals surface area (Å²) in [7, 11) is 0. The van der Waals surface area contributed by atoms with Crippen LogP contribution in [0.5, 0.6) is 5.75 Å². The summed E-state index contributed by atoms with van der Waals surface area (Å²) in [5.74, 6) is 0.524. The summed E-state index contributed by atoms with van der Waals surface area (Å²) >= 11 is 3.52. The van der Waals surface area contributed by atoms with E-state index in [9.17, 15) is 9.90 Å². The van der Waals surface area contributed by atoms with E-state index in [1.165, 1.54) is 0 Å². The topological polar surface area (TPSA) is 77.2 Å². The van der Waals surface area contributed by atoms with Gasteiger partial charge in [0.2, 0.25) is 0 Å². The Labute approximate surface area is 209 Å². The van der Waals surface area contributed by atoms with Gasteiger partial charge in [0.15, 0.2) is 5.43 Å². The molecule has 0 fully saturated rings. The van der Waals surface area contributed by atoms with Crippen LogP contribution in [-0.4, -0.2) is 19.6 Å². The Morgan fingerprint density at radius 1 is 0.971 bits per heavy atom. The second-order valence-corrected chi connectivity index (χ2v) is 9.47. The monoisotopic (exact) mass is 525 g/mol. The molecular formula is C28H20BrN3O3. The van der Waals surface area contributed by atoms with Gasteiger partial charge in [0.05, 0.1) is 16.6 Å². The maximum atomic E-state index is 13.7. The molecule has 172 valence electrons. The third kappa shape index (κ3) is 3.92. The van der Waals surface area contributed by atoms with Crippen molar-refractivity contribution in [3.05, 3.63) is 128 Å². The second kappa shape index (κ2) is 8.76. The quantitative estimate of drug-likeness (QED) is 0.345. The molecule has 0 spiro atoms. The summed E-state index contributed by atoms with van der Waals surface area (Å²) in [5, 5.41) is 11.9. The van der Waals surface area contributed by atoms with Gasteiger partial charge in [-0.05, 0) is 48.0 Å². The minimum Gasteiger partial charge on any atom is -0.489 e. The molecular weight excluding hydrogens is 506 g/mol. The normalized spacial score (nSPS) is 14.1. The molecule has 3 aromatic heterocycles. The Bertz CT molecular complexity index is 1620. The Kier molecular flexibility index (Phi) is 5.43. The molecule has 5 aromatic rings. The smallest absolute Gasteiger partial charge is 0.193 e. The average molecular weight is 526 g/mol. The van der Waals surface area contributed by atoms with Gasteiger partial charge in [0.25, 0.3) is 0 Å². The van der Waals surface area contributed by atoms with Crippen LogP contribution in [0.1, 0.15) is 33.9 Å². The molecule has 1 aliphatic heterocycles. The zero-order chi connectivity index (χ0) is 23.9. The van der Waals surface area contributed by atoms with Crippen LogP contribution in [0.2, 0.25) is 0 Å². The van der Waals surface area contributed by atoms with Crippen molar-refractivity contribution >= 4 is 26.8 Å². The van der Waals surface area contributed by atoms with Crippen molar-refractivity contribution in [2.24, 2.45) is 0 Å². The minimum atomic E-state index is -0.893. The largest absolute Gasteiger partial charge is 0.489 e. The minimum absolute atomic E-state index is 0.0825. The van der Waals surface area contributed by atoms with E-state index in [1.54, 1.807) is 30.9 Å². The van der Waals surface area contributed by atoms with E-state index in [2.05, 4.69) is 25.9 Å². The molecule has 0 amide bonds. The number of aliphatic hydroxyl groups excluding tert-OH is 1. The predicted molar refractivity (Wildman–Crippen MR) is 137 cm³/mol. The van der Waals surface area contributed by atoms with Gasteiger partial charge >= 0.3 is 0 Å². The Morgan fingerprint density at radius 3 is 2.49 bits per heavy atom. The van der Waals surface area contributed by atoms with Gasteiger partial charge < -0.3 is 14.4 Å². The number of ether oxygens (including phenoxy) is 1. The summed E-state index contributed by atoms with van der Waals surface area (Å²) in [6.07, 6.45) is 8.38. The molecule has 1 N–H and O–H groups in total. The molecule has 1 atom stereocenters. The molecule has 1 unspecified atom stereocenters. The number of fused-ring (bicyclic) bond motifs is 2. The van der Waals surface area contributed by atoms with E-state index in [0.29, 0.717) is 40.8 Å². The van der Waals surface area contributed by atoms with Gasteiger partial charge in [-0.15, -0.1) is 0 Å². The zero-order valence-electron chi connectivity index (χ0n) is 18.6. The van der Waals surface area contributed by atoms with Crippen LogP contribution in [0.3, 0.4) is 0 Å². The SMILES string of the molecule is O=c1c(Cc2cccnc2)cn2c3c(cc(OCc4cccnc4)cc13)C(O)c1cc(Br)ccc1-2. The van der Waals surface area contributed by atoms with E-state index in [1.807, 2.05) is 59.3 Å². The highest BCUT2D eigenvalue weighted by atomic mass is 79.9. The van der Waals surface area contributed by atoms with Crippen molar-refractivity contribution < 1.29 is 9.84 Å². The number of aromatic nitrogens is 3. The van der Waals surface area contributed by atoms with Crippen LogP contribution < -0.4 is 10.2 Å². The fourth-order valence-electron chi connectivity index (χ4n) is 4.64. The molecule has 0 saturated heterocycles. The third-order valence-electron chi connectivity index (χ3n) is 6.26. The van der Waals surface area contributed by atoms with E-state index in [4.69, 9.17) is 4.74 Å². The molecule has 1 aliphatic rings. The molecule has 6 rings (SSSR count). The number of hydrogen-bond donors (Lipinski definition) is 1. The van der Waals surface area contributed by atoms with E-state index in [0.717, 1.165) is 26.9 Å². The molecule has 4 heterocycles. The first kappa shape index (κ1) is 21.7. The first-order chi connectivity index (χ1) is 17.1. The van der Waals surface area contributed by atoms with Gasteiger partial charge in [-0.2, -0.15) is 0 Å². The van der Waals surface area contributed by atoms with Crippen LogP contribution in [0, 0.1) is 0 Å². The molecule has 0 bridgehead atoms. The lowest BCUT2D eigenvalue weighted by Crippen LogP contribution is -2.21. The lowest BCUT2D eigenvalue weighted by molar-refractivity contribution is 0.218. The third-order valence-corrected chi connectivity index (χ3v) is 6.75. The van der Waals surface area contributed by atoms with Crippen LogP contribution in [0.25, 0.3) is 16.6 Å². The zero-order valence-corrected chi connectivity index (χ0v) is 20.1. The van der Waals surface area contributed by atoms with E-state index in [-0.39, 0.29) is 5.43 Å². The van der Waals surface area contributed by atoms with Gasteiger partial charge in [-0.25, -0.2) is 0 Å². The highest BCUT2D eigenvalue weighted by Crippen LogP contribution is 2.41. The van der Waals surface area contributed by atoms with E-state index < -0.39 is 6.10 Å². The first-order valence-corrected chi connectivity index (χ1v) is 12.0. The van der Waals surface area contributed by atoms with Gasteiger partial charge in [-0.1, -0.05) is 28.1 Å². The van der Waals surface area contributed by atoms with Crippen molar-refractivity contribution in [2.45, 2.75) is 19.1 Å². The standard InChI is InChI=1S/C28H20BrN3O3/c29-20-5-6-25-22(10-20)28(34)24-12-21(35-16-18-4-2-8-31-14-18)11-23-26(24)32(25)15-19(27(23)33)9-17-3-1-7-30-13-17/h1-8,10-15,28,34H,9,16H2. The number of nitrogens with zero attached hydrogens (tertiary/aromatic N) is 3. The summed E-state index contributed by atoms with van der Waals surface area (Å²) in [6.45, 7) is 0.306. The van der Waals surface area contributed by atoms with Gasteiger partial charge in [0.1, 0.15) is 18.5 Å². The van der Waals surface area contributed by atoms with Crippen molar-refractivity contribution in [3.8, 4) is 11.4 Å². The molecule has 0 aliphatic carbocycles. The predicted octanol–water partition coefficient (Wildman–Crippen LogP) is 5.11. The van der Waals surface area contributed by atoms with Crippen LogP contribution in [0.15, 0.2) is 94.8 Å². The van der Waals surface area contributed by atoms with Crippen molar-refractivity contribution in [1.29, 1.82) is 0 Å². The number of pyridine rings is 3. The lowest BCUT2D eigenvalue weighted by Gasteiger charge is -2.28. The second-order valence-electron chi connectivity index (χ2n) is 8.56. The average Bonchev–Trinajstić information content (AvgIpc) is 2.89. The molecule has 0 saturated carbocycles. The van der Waals surface area contributed by atoms with Crippen LogP contribution in [0.4, 0.5) is 0 Å². The maximum absolute atomic E-state index is 13.7. The van der Waals surface area contributed by atoms with Gasteiger partial charge in [-0.3, -0.25) is 14.8 Å². The fourth-order valence-corrected chi connectivity index (χ4v) is 5.01. The lowest BCUT2D eigenvalue weighted by atomic mass is 9.91. The molecule has 6 nitrogen and oxygen atoms in total. The molecule has 7 heteroatoms. The van der Waals surface area contributed by atoms with Crippen molar-refractivity contribution in [1.82, 2.24) is 14.5 Å². The summed E-state index contributed by atoms with van der Waals surface area (Å²) < 4.78 is 8.94. The molecule has 2 aromatic carbocycles. The number of halogens is 1. The Hall–Kier alpha value is -3.81. The van der Waals surface area contributed by atoms with Crippen molar-refractivity contribution in [3.63, 3.8) is 0 Å². The molecule has 0 radical (unpaired) electrons. The summed E-state index contributed by atoms with van der Waals surface area (Å²) in [5.41, 5.74) is 5.36. The van der Waals surface area contributed by atoms with Crippen LogP contribution >= 0.6 is 15.9 Å². The van der Waals surface area contributed by atoms with Crippen molar-refractivity contribution in [2.75, 3.05) is 0 Å². The van der Waals surface area contributed by atoms with Gasteiger partial charge in [0, 0.05) is 64.1 Å². The highest BCUT2D eigenvalue weighted by Gasteiger charge is 2.28. The first-order valence-electron chi connectivity index (χ1n) is 11.2. The molecule has 35 heavy (non-hydrogen) atoms. The summed E-state index contributed by atoms with van der Waals surface area (Å²) in [4.78, 5) is 22.0.